The molecular weight excluding hydrogens is 206 g/mol. The van der Waals surface area contributed by atoms with Gasteiger partial charge in [-0.1, -0.05) is 34.8 Å². The summed E-state index contributed by atoms with van der Waals surface area (Å²) in [6.45, 7) is -0.154. The van der Waals surface area contributed by atoms with E-state index in [1.54, 1.807) is 6.07 Å². The molecule has 4 heteroatoms. The van der Waals surface area contributed by atoms with E-state index in [0.717, 1.165) is 0 Å². The van der Waals surface area contributed by atoms with Gasteiger partial charge < -0.3 is 5.11 Å². The predicted molar refractivity (Wildman–Crippen MR) is 47.4 cm³/mol. The van der Waals surface area contributed by atoms with Crippen LogP contribution >= 0.6 is 34.8 Å². The SMILES string of the molecule is OCc1cc(Cl)cc(Cl)c1Cl. The Morgan fingerprint density at radius 3 is 2.36 bits per heavy atom. The molecule has 11 heavy (non-hydrogen) atoms. The molecule has 1 rings (SSSR count). The van der Waals surface area contributed by atoms with Gasteiger partial charge in [-0.25, -0.2) is 0 Å². The van der Waals surface area contributed by atoms with Gasteiger partial charge in [0.2, 0.25) is 0 Å². The molecule has 0 fully saturated rings. The van der Waals surface area contributed by atoms with Crippen LogP contribution in [-0.2, 0) is 6.61 Å². The number of aliphatic hydroxyl groups is 1. The van der Waals surface area contributed by atoms with Crippen molar-refractivity contribution in [3.8, 4) is 0 Å². The van der Waals surface area contributed by atoms with Crippen LogP contribution < -0.4 is 0 Å². The van der Waals surface area contributed by atoms with Gasteiger partial charge in [0.15, 0.2) is 0 Å². The quantitative estimate of drug-likeness (QED) is 0.708. The minimum absolute atomic E-state index is 0.154. The first-order valence-corrected chi connectivity index (χ1v) is 4.03. The van der Waals surface area contributed by atoms with Gasteiger partial charge in [0.25, 0.3) is 0 Å². The largest absolute Gasteiger partial charge is 0.392 e. The maximum Gasteiger partial charge on any atom is 0.0697 e. The highest BCUT2D eigenvalue weighted by molar-refractivity contribution is 6.43. The molecule has 0 spiro atoms. The van der Waals surface area contributed by atoms with Crippen LogP contribution in [0.15, 0.2) is 12.1 Å². The molecule has 0 unspecified atom stereocenters. The van der Waals surface area contributed by atoms with Gasteiger partial charge in [0, 0.05) is 5.02 Å². The lowest BCUT2D eigenvalue weighted by molar-refractivity contribution is 0.282. The molecule has 0 amide bonds. The third-order valence-electron chi connectivity index (χ3n) is 1.24. The van der Waals surface area contributed by atoms with Crippen molar-refractivity contribution in [1.82, 2.24) is 0 Å². The fraction of sp³-hybridized carbons (Fsp3) is 0.143. The summed E-state index contributed by atoms with van der Waals surface area (Å²) in [6.07, 6.45) is 0. The summed E-state index contributed by atoms with van der Waals surface area (Å²) >= 11 is 17.0. The standard InChI is InChI=1S/C7H5Cl3O/c8-5-1-4(3-11)7(10)6(9)2-5/h1-2,11H,3H2. The molecule has 0 saturated carbocycles. The van der Waals surface area contributed by atoms with Crippen molar-refractivity contribution in [2.24, 2.45) is 0 Å². The Balaban J connectivity index is 3.24. The van der Waals surface area contributed by atoms with Crippen molar-refractivity contribution in [3.05, 3.63) is 32.8 Å². The van der Waals surface area contributed by atoms with Gasteiger partial charge >= 0.3 is 0 Å². The summed E-state index contributed by atoms with van der Waals surface area (Å²) in [6, 6.07) is 3.11. The molecular formula is C7H5Cl3O. The van der Waals surface area contributed by atoms with Crippen molar-refractivity contribution in [2.45, 2.75) is 6.61 Å². The van der Waals surface area contributed by atoms with E-state index in [-0.39, 0.29) is 6.61 Å². The molecule has 0 radical (unpaired) electrons. The van der Waals surface area contributed by atoms with Crippen molar-refractivity contribution in [3.63, 3.8) is 0 Å². The summed E-state index contributed by atoms with van der Waals surface area (Å²) < 4.78 is 0. The first-order chi connectivity index (χ1) is 5.15. The molecule has 0 bridgehead atoms. The average Bonchev–Trinajstić information content (AvgIpc) is 1.96. The molecule has 0 saturated heterocycles. The van der Waals surface area contributed by atoms with Gasteiger partial charge in [-0.2, -0.15) is 0 Å². The van der Waals surface area contributed by atoms with E-state index >= 15 is 0 Å². The van der Waals surface area contributed by atoms with Crippen molar-refractivity contribution < 1.29 is 5.11 Å². The average molecular weight is 211 g/mol. The molecule has 1 nitrogen and oxygen atoms in total. The Bertz CT molecular complexity index is 273. The predicted octanol–water partition coefficient (Wildman–Crippen LogP) is 3.14. The smallest absolute Gasteiger partial charge is 0.0697 e. The van der Waals surface area contributed by atoms with Crippen LogP contribution in [0.3, 0.4) is 0 Å². The number of rotatable bonds is 1. The summed E-state index contributed by atoms with van der Waals surface area (Å²) in [5.74, 6) is 0. The molecule has 1 aromatic rings. The van der Waals surface area contributed by atoms with Crippen LogP contribution in [0.4, 0.5) is 0 Å². The van der Waals surface area contributed by atoms with Crippen LogP contribution in [0.1, 0.15) is 5.56 Å². The normalized spacial score (nSPS) is 10.2. The Kier molecular flexibility index (Phi) is 3.02. The third-order valence-corrected chi connectivity index (χ3v) is 2.30. The molecule has 0 atom stereocenters. The first kappa shape index (κ1) is 9.14. The van der Waals surface area contributed by atoms with E-state index in [2.05, 4.69) is 0 Å². The van der Waals surface area contributed by atoms with Crippen LogP contribution in [0.2, 0.25) is 15.1 Å². The molecule has 0 heterocycles. The van der Waals surface area contributed by atoms with E-state index in [0.29, 0.717) is 20.6 Å². The fourth-order valence-electron chi connectivity index (χ4n) is 0.724. The minimum atomic E-state index is -0.154. The molecule has 60 valence electrons. The fourth-order valence-corrected chi connectivity index (χ4v) is 1.43. The molecule has 0 aliphatic carbocycles. The second-order valence-corrected chi connectivity index (χ2v) is 3.24. The minimum Gasteiger partial charge on any atom is -0.392 e. The van der Waals surface area contributed by atoms with E-state index < -0.39 is 0 Å². The molecule has 1 N–H and O–H groups in total. The zero-order valence-corrected chi connectivity index (χ0v) is 7.71. The summed E-state index contributed by atoms with van der Waals surface area (Å²) in [5, 5.41) is 9.96. The monoisotopic (exact) mass is 210 g/mol. The lowest BCUT2D eigenvalue weighted by Gasteiger charge is -2.02. The maximum atomic E-state index is 8.77. The molecule has 0 aliphatic heterocycles. The summed E-state index contributed by atoms with van der Waals surface area (Å²) in [4.78, 5) is 0. The van der Waals surface area contributed by atoms with E-state index in [1.807, 2.05) is 0 Å². The van der Waals surface area contributed by atoms with Crippen molar-refractivity contribution in [2.75, 3.05) is 0 Å². The lowest BCUT2D eigenvalue weighted by atomic mass is 10.2. The maximum absolute atomic E-state index is 8.77. The Morgan fingerprint density at radius 1 is 1.18 bits per heavy atom. The second-order valence-electron chi connectivity index (χ2n) is 2.02. The number of aliphatic hydroxyl groups excluding tert-OH is 1. The summed E-state index contributed by atoms with van der Waals surface area (Å²) in [7, 11) is 0. The molecule has 0 aliphatic rings. The number of benzene rings is 1. The van der Waals surface area contributed by atoms with Crippen molar-refractivity contribution >= 4 is 34.8 Å². The van der Waals surface area contributed by atoms with Crippen LogP contribution in [0.5, 0.6) is 0 Å². The number of halogens is 3. The first-order valence-electron chi connectivity index (χ1n) is 2.89. The van der Waals surface area contributed by atoms with Crippen molar-refractivity contribution in [1.29, 1.82) is 0 Å². The highest BCUT2D eigenvalue weighted by Crippen LogP contribution is 2.29. The zero-order valence-electron chi connectivity index (χ0n) is 5.44. The summed E-state index contributed by atoms with van der Waals surface area (Å²) in [5.41, 5.74) is 0.546. The lowest BCUT2D eigenvalue weighted by Crippen LogP contribution is -1.85. The Hall–Kier alpha value is 0.0500. The topological polar surface area (TPSA) is 20.2 Å². The van der Waals surface area contributed by atoms with Gasteiger partial charge in [-0.15, -0.1) is 0 Å². The number of hydrogen-bond donors (Lipinski definition) is 1. The second kappa shape index (κ2) is 3.63. The van der Waals surface area contributed by atoms with Gasteiger partial charge in [0.1, 0.15) is 0 Å². The highest BCUT2D eigenvalue weighted by Gasteiger charge is 2.04. The van der Waals surface area contributed by atoms with Gasteiger partial charge in [0.05, 0.1) is 16.7 Å². The highest BCUT2D eigenvalue weighted by atomic mass is 35.5. The van der Waals surface area contributed by atoms with Crippen LogP contribution in [-0.4, -0.2) is 5.11 Å². The Labute approximate surface area is 79.5 Å². The Morgan fingerprint density at radius 2 is 1.82 bits per heavy atom. The molecule has 1 aromatic carbocycles. The molecule has 0 aromatic heterocycles. The van der Waals surface area contributed by atoms with E-state index in [1.165, 1.54) is 6.07 Å². The van der Waals surface area contributed by atoms with E-state index in [4.69, 9.17) is 39.9 Å². The van der Waals surface area contributed by atoms with Gasteiger partial charge in [-0.3, -0.25) is 0 Å². The van der Waals surface area contributed by atoms with Crippen LogP contribution in [0.25, 0.3) is 0 Å². The zero-order chi connectivity index (χ0) is 8.43. The van der Waals surface area contributed by atoms with E-state index in [9.17, 15) is 0 Å². The number of hydrogen-bond acceptors (Lipinski definition) is 1. The van der Waals surface area contributed by atoms with Gasteiger partial charge in [-0.05, 0) is 17.7 Å². The third kappa shape index (κ3) is 2.00. The van der Waals surface area contributed by atoms with Crippen LogP contribution in [0, 0.1) is 0 Å².